The molecule has 0 aromatic heterocycles. The number of carbonyl (C=O) groups excluding carboxylic acids is 1. The molecule has 0 spiro atoms. The predicted octanol–water partition coefficient (Wildman–Crippen LogP) is 5.61. The molecule has 3 aromatic rings. The Labute approximate surface area is 204 Å². The molecule has 0 atom stereocenters. The smallest absolute Gasteiger partial charge is 0.406 e. The summed E-state index contributed by atoms with van der Waals surface area (Å²) in [5.74, 6) is -2.76. The van der Waals surface area contributed by atoms with Crippen molar-refractivity contribution in [1.29, 1.82) is 0 Å². The quantitative estimate of drug-likeness (QED) is 0.407. The number of carbonyl (C=O) groups is 1. The molecule has 0 unspecified atom stereocenters. The molecule has 0 saturated carbocycles. The Hall–Kier alpha value is -3.47. The first-order chi connectivity index (χ1) is 16.9. The molecule has 0 bridgehead atoms. The predicted molar refractivity (Wildman–Crippen MR) is 121 cm³/mol. The Morgan fingerprint density at radius 3 is 1.94 bits per heavy atom. The number of nitrogens with zero attached hydrogens (tertiary/aromatic N) is 1. The minimum absolute atomic E-state index is 0.0811. The zero-order valence-electron chi connectivity index (χ0n) is 18.6. The molecule has 4 rings (SSSR count). The number of rotatable bonds is 5. The van der Waals surface area contributed by atoms with Gasteiger partial charge in [-0.05, 0) is 60.4 Å². The van der Waals surface area contributed by atoms with Crippen molar-refractivity contribution in [2.75, 3.05) is 13.1 Å². The van der Waals surface area contributed by atoms with E-state index in [9.17, 15) is 35.2 Å². The van der Waals surface area contributed by atoms with Crippen LogP contribution >= 0.6 is 0 Å². The number of benzene rings is 3. The Kier molecular flexibility index (Phi) is 7.03. The SMILES string of the molecule is O=C(c1ccc(F)cc1F)N1CCC(S(=O)(=O)c2ccc(-c3ccc(OC(F)(F)F)cc3)cc2)CC1. The summed E-state index contributed by atoms with van der Waals surface area (Å²) in [6, 6.07) is 13.8. The summed E-state index contributed by atoms with van der Waals surface area (Å²) in [5.41, 5.74) is 0.911. The van der Waals surface area contributed by atoms with Gasteiger partial charge in [-0.3, -0.25) is 4.79 Å². The monoisotopic (exact) mass is 525 g/mol. The fraction of sp³-hybridized carbons (Fsp3) is 0.240. The van der Waals surface area contributed by atoms with Crippen molar-refractivity contribution < 1.29 is 39.9 Å². The van der Waals surface area contributed by atoms with E-state index in [1.54, 1.807) is 12.1 Å². The van der Waals surface area contributed by atoms with Crippen molar-refractivity contribution in [2.24, 2.45) is 0 Å². The highest BCUT2D eigenvalue weighted by Crippen LogP contribution is 2.30. The molecule has 0 N–H and O–H groups in total. The van der Waals surface area contributed by atoms with Crippen LogP contribution in [0.2, 0.25) is 0 Å². The lowest BCUT2D eigenvalue weighted by molar-refractivity contribution is -0.274. The number of halogens is 5. The Morgan fingerprint density at radius 1 is 0.861 bits per heavy atom. The van der Waals surface area contributed by atoms with Crippen molar-refractivity contribution >= 4 is 15.7 Å². The van der Waals surface area contributed by atoms with E-state index in [4.69, 9.17) is 0 Å². The van der Waals surface area contributed by atoms with E-state index in [2.05, 4.69) is 4.74 Å². The fourth-order valence-electron chi connectivity index (χ4n) is 4.08. The first kappa shape index (κ1) is 25.6. The molecule has 1 fully saturated rings. The summed E-state index contributed by atoms with van der Waals surface area (Å²) in [5, 5.41) is -0.746. The van der Waals surface area contributed by atoms with E-state index in [0.29, 0.717) is 17.2 Å². The maximum atomic E-state index is 13.9. The summed E-state index contributed by atoms with van der Waals surface area (Å²) < 4.78 is 94.1. The van der Waals surface area contributed by atoms with E-state index in [1.165, 1.54) is 41.3 Å². The number of hydrogen-bond donors (Lipinski definition) is 0. The molecular weight excluding hydrogens is 505 g/mol. The van der Waals surface area contributed by atoms with Gasteiger partial charge in [-0.1, -0.05) is 24.3 Å². The number of likely N-dealkylation sites (tertiary alicyclic amines) is 1. The van der Waals surface area contributed by atoms with Crippen molar-refractivity contribution in [2.45, 2.75) is 29.3 Å². The van der Waals surface area contributed by atoms with Gasteiger partial charge in [0.15, 0.2) is 9.84 Å². The highest BCUT2D eigenvalue weighted by Gasteiger charge is 2.34. The number of sulfone groups is 1. The van der Waals surface area contributed by atoms with E-state index >= 15 is 0 Å². The lowest BCUT2D eigenvalue weighted by atomic mass is 10.1. The Balaban J connectivity index is 1.41. The van der Waals surface area contributed by atoms with Crippen molar-refractivity contribution in [3.05, 3.63) is 83.9 Å². The van der Waals surface area contributed by atoms with Crippen LogP contribution in [0.25, 0.3) is 11.1 Å². The fourth-order valence-corrected chi connectivity index (χ4v) is 5.81. The average Bonchev–Trinajstić information content (AvgIpc) is 2.83. The van der Waals surface area contributed by atoms with Crippen LogP contribution in [-0.4, -0.2) is 43.9 Å². The minimum Gasteiger partial charge on any atom is -0.406 e. The molecule has 190 valence electrons. The zero-order chi connectivity index (χ0) is 26.1. The van der Waals surface area contributed by atoms with E-state index in [-0.39, 0.29) is 42.1 Å². The second-order valence-corrected chi connectivity index (χ2v) is 10.5. The van der Waals surface area contributed by atoms with Gasteiger partial charge in [0, 0.05) is 19.2 Å². The van der Waals surface area contributed by atoms with Crippen molar-refractivity contribution in [1.82, 2.24) is 4.90 Å². The van der Waals surface area contributed by atoms with Gasteiger partial charge in [-0.25, -0.2) is 17.2 Å². The van der Waals surface area contributed by atoms with Crippen LogP contribution in [0.5, 0.6) is 5.75 Å². The molecule has 0 aliphatic carbocycles. The van der Waals surface area contributed by atoms with E-state index in [0.717, 1.165) is 12.1 Å². The molecule has 11 heteroatoms. The summed E-state index contributed by atoms with van der Waals surface area (Å²) >= 11 is 0. The molecule has 1 aliphatic heterocycles. The third-order valence-corrected chi connectivity index (χ3v) is 8.21. The number of alkyl halides is 3. The van der Waals surface area contributed by atoms with Gasteiger partial charge < -0.3 is 9.64 Å². The molecule has 1 amide bonds. The van der Waals surface area contributed by atoms with E-state index in [1.807, 2.05) is 0 Å². The summed E-state index contributed by atoms with van der Waals surface area (Å²) in [7, 11) is -3.72. The van der Waals surface area contributed by atoms with Crippen LogP contribution in [-0.2, 0) is 9.84 Å². The molecular formula is C25H20F5NO4S. The van der Waals surface area contributed by atoms with Crippen LogP contribution in [0.1, 0.15) is 23.2 Å². The van der Waals surface area contributed by atoms with Gasteiger partial charge >= 0.3 is 6.36 Å². The first-order valence-electron chi connectivity index (χ1n) is 10.9. The highest BCUT2D eigenvalue weighted by molar-refractivity contribution is 7.92. The molecule has 3 aromatic carbocycles. The average molecular weight is 525 g/mol. The van der Waals surface area contributed by atoms with Gasteiger partial charge in [0.25, 0.3) is 5.91 Å². The normalized spacial score (nSPS) is 15.1. The maximum absolute atomic E-state index is 13.9. The van der Waals surface area contributed by atoms with Crippen LogP contribution in [0.15, 0.2) is 71.6 Å². The van der Waals surface area contributed by atoms with Crippen molar-refractivity contribution in [3.8, 4) is 16.9 Å². The number of piperidine rings is 1. The Bertz CT molecular complexity index is 1350. The largest absolute Gasteiger partial charge is 0.573 e. The van der Waals surface area contributed by atoms with Gasteiger partial charge in [0.05, 0.1) is 15.7 Å². The second-order valence-electron chi connectivity index (χ2n) is 8.26. The van der Waals surface area contributed by atoms with Gasteiger partial charge in [0.1, 0.15) is 17.4 Å². The van der Waals surface area contributed by atoms with Gasteiger partial charge in [-0.15, -0.1) is 13.2 Å². The molecule has 1 heterocycles. The summed E-state index contributed by atoms with van der Waals surface area (Å²) in [4.78, 5) is 14.0. The third kappa shape index (κ3) is 5.67. The molecule has 36 heavy (non-hydrogen) atoms. The highest BCUT2D eigenvalue weighted by atomic mass is 32.2. The summed E-state index contributed by atoms with van der Waals surface area (Å²) in [6.07, 6.45) is -4.49. The minimum atomic E-state index is -4.79. The zero-order valence-corrected chi connectivity index (χ0v) is 19.5. The second kappa shape index (κ2) is 9.88. The Morgan fingerprint density at radius 2 is 1.42 bits per heavy atom. The van der Waals surface area contributed by atoms with Gasteiger partial charge in [0.2, 0.25) is 0 Å². The topological polar surface area (TPSA) is 63.7 Å². The van der Waals surface area contributed by atoms with Crippen LogP contribution in [0.3, 0.4) is 0 Å². The van der Waals surface area contributed by atoms with Crippen LogP contribution < -0.4 is 4.74 Å². The van der Waals surface area contributed by atoms with E-state index < -0.39 is 39.0 Å². The van der Waals surface area contributed by atoms with Crippen LogP contribution in [0.4, 0.5) is 22.0 Å². The first-order valence-corrected chi connectivity index (χ1v) is 12.4. The van der Waals surface area contributed by atoms with Gasteiger partial charge in [-0.2, -0.15) is 0 Å². The number of amides is 1. The molecule has 0 radical (unpaired) electrons. The lowest BCUT2D eigenvalue weighted by Crippen LogP contribution is -2.42. The molecule has 5 nitrogen and oxygen atoms in total. The van der Waals surface area contributed by atoms with Crippen molar-refractivity contribution in [3.63, 3.8) is 0 Å². The maximum Gasteiger partial charge on any atom is 0.573 e. The lowest BCUT2D eigenvalue weighted by Gasteiger charge is -2.32. The standard InChI is InChI=1S/C25H20F5NO4S/c26-18-5-10-22(23(27)15-18)24(32)31-13-11-21(12-14-31)36(33,34)20-8-3-17(4-9-20)16-1-6-19(7-2-16)35-25(28,29)30/h1-10,15,21H,11-14H2. The third-order valence-electron chi connectivity index (χ3n) is 5.93. The molecule has 1 saturated heterocycles. The number of hydrogen-bond acceptors (Lipinski definition) is 4. The summed E-state index contributed by atoms with van der Waals surface area (Å²) in [6.45, 7) is 0.202. The van der Waals surface area contributed by atoms with Crippen LogP contribution in [0, 0.1) is 11.6 Å². The molecule has 1 aliphatic rings. The number of ether oxygens (including phenoxy) is 1.